The number of esters is 1. The van der Waals surface area contributed by atoms with Gasteiger partial charge in [0.1, 0.15) is 5.76 Å². The summed E-state index contributed by atoms with van der Waals surface area (Å²) < 4.78 is 23.6. The number of amides is 2. The Labute approximate surface area is 312 Å². The number of unbranched alkanes of at least 4 members (excludes halogenated alkanes) is 3. The third-order valence-corrected chi connectivity index (χ3v) is 11.4. The number of nitrogens with one attached hydrogen (secondary N) is 2. The molecule has 1 saturated heterocycles. The summed E-state index contributed by atoms with van der Waals surface area (Å²) in [4.78, 5) is 54.9. The number of benzene rings is 1. The molecule has 4 aliphatic rings. The number of nitrogens with two attached hydrogens (primary N) is 1. The number of ketones is 1. The van der Waals surface area contributed by atoms with Gasteiger partial charge in [0.05, 0.1) is 36.6 Å². The van der Waals surface area contributed by atoms with Crippen LogP contribution in [0.3, 0.4) is 0 Å². The van der Waals surface area contributed by atoms with Crippen LogP contribution in [-0.4, -0.2) is 109 Å². The van der Waals surface area contributed by atoms with E-state index in [0.717, 1.165) is 17.7 Å². The summed E-state index contributed by atoms with van der Waals surface area (Å²) in [6.45, 7) is 4.79. The van der Waals surface area contributed by atoms with Crippen LogP contribution in [0, 0.1) is 5.41 Å². The van der Waals surface area contributed by atoms with E-state index in [1.54, 1.807) is 25.0 Å². The fourth-order valence-electron chi connectivity index (χ4n) is 8.87. The highest BCUT2D eigenvalue weighted by atomic mass is 16.6. The predicted molar refractivity (Wildman–Crippen MR) is 197 cm³/mol. The van der Waals surface area contributed by atoms with Crippen LogP contribution in [0.25, 0.3) is 0 Å². The van der Waals surface area contributed by atoms with E-state index in [2.05, 4.69) is 16.3 Å². The van der Waals surface area contributed by atoms with E-state index >= 15 is 0 Å². The molecule has 2 amide bonds. The van der Waals surface area contributed by atoms with E-state index in [9.17, 15) is 24.3 Å². The van der Waals surface area contributed by atoms with Crippen molar-refractivity contribution in [2.75, 3.05) is 40.4 Å². The highest BCUT2D eigenvalue weighted by Gasteiger charge is 2.72. The Morgan fingerprint density at radius 1 is 1.11 bits per heavy atom. The molecule has 1 aromatic rings. The van der Waals surface area contributed by atoms with Gasteiger partial charge in [-0.05, 0) is 83.2 Å². The molecule has 2 aliphatic carbocycles. The first-order chi connectivity index (χ1) is 25.4. The van der Waals surface area contributed by atoms with Crippen molar-refractivity contribution in [2.24, 2.45) is 5.73 Å². The van der Waals surface area contributed by atoms with Crippen molar-refractivity contribution in [1.29, 1.82) is 5.41 Å². The lowest BCUT2D eigenvalue weighted by atomic mass is 9.50. The fourth-order valence-corrected chi connectivity index (χ4v) is 8.87. The standard InChI is InChI=1S/C39H57N5O9/c1-5-51-33(47)15-7-6-10-21-44(22-11-13-28(46)27(42-25(2)45)12-8-9-14-32(40)41)37(48)52-30-18-19-39(49)31-24-26-16-17-29(50-4)35-34(26)38(39,36(30)53-35)20-23-43(31)3/h16-18,27,31,36,49H,5-15,19-24H2,1-4H3,(H3,40,41)(H,42,45)/t27-,31+,36?,38-,39?/m0/s1. The molecule has 5 atom stereocenters. The van der Waals surface area contributed by atoms with Crippen LogP contribution in [0.4, 0.5) is 4.79 Å². The van der Waals surface area contributed by atoms with Crippen LogP contribution in [0.2, 0.25) is 0 Å². The molecule has 5 N–H and O–H groups in total. The molecule has 1 spiro atoms. The minimum Gasteiger partial charge on any atom is -0.493 e. The summed E-state index contributed by atoms with van der Waals surface area (Å²) in [5.41, 5.74) is 5.55. The van der Waals surface area contributed by atoms with Crippen LogP contribution >= 0.6 is 0 Å². The van der Waals surface area contributed by atoms with Gasteiger partial charge in [-0.15, -0.1) is 0 Å². The van der Waals surface area contributed by atoms with Crippen molar-refractivity contribution >= 4 is 29.6 Å². The second-order valence-electron chi connectivity index (χ2n) is 14.9. The van der Waals surface area contributed by atoms with E-state index in [1.165, 1.54) is 6.92 Å². The molecule has 2 bridgehead atoms. The number of ether oxygens (including phenoxy) is 4. The molecule has 5 rings (SSSR count). The number of carbonyl (C=O) groups is 4. The molecule has 2 unspecified atom stereocenters. The largest absolute Gasteiger partial charge is 0.493 e. The zero-order valence-electron chi connectivity index (χ0n) is 31.7. The number of nitrogens with zero attached hydrogens (tertiary/aromatic N) is 2. The predicted octanol–water partition coefficient (Wildman–Crippen LogP) is 3.89. The van der Waals surface area contributed by atoms with Gasteiger partial charge in [-0.2, -0.15) is 0 Å². The average Bonchev–Trinajstić information content (AvgIpc) is 3.47. The first-order valence-electron chi connectivity index (χ1n) is 19.1. The molecule has 14 heteroatoms. The van der Waals surface area contributed by atoms with E-state index in [0.29, 0.717) is 107 Å². The second-order valence-corrected chi connectivity index (χ2v) is 14.9. The van der Waals surface area contributed by atoms with Gasteiger partial charge in [0.2, 0.25) is 5.91 Å². The van der Waals surface area contributed by atoms with Crippen molar-refractivity contribution in [3.63, 3.8) is 0 Å². The van der Waals surface area contributed by atoms with Gasteiger partial charge in [0.25, 0.3) is 0 Å². The first-order valence-corrected chi connectivity index (χ1v) is 19.1. The molecule has 0 saturated carbocycles. The Morgan fingerprint density at radius 3 is 2.58 bits per heavy atom. The Balaban J connectivity index is 1.30. The molecule has 2 aliphatic heterocycles. The monoisotopic (exact) mass is 739 g/mol. The number of hydrogen-bond acceptors (Lipinski definition) is 11. The van der Waals surface area contributed by atoms with Crippen LogP contribution in [0.5, 0.6) is 11.5 Å². The summed E-state index contributed by atoms with van der Waals surface area (Å²) in [6.07, 6.45) is 6.88. The van der Waals surface area contributed by atoms with Crippen molar-refractivity contribution in [1.82, 2.24) is 15.1 Å². The lowest BCUT2D eigenvalue weighted by Crippen LogP contribution is -2.74. The lowest BCUT2D eigenvalue weighted by molar-refractivity contribution is -0.163. The minimum atomic E-state index is -1.14. The number of carbonyl (C=O) groups excluding carboxylic acids is 4. The number of methoxy groups -OCH3 is 1. The van der Waals surface area contributed by atoms with Crippen LogP contribution in [-0.2, 0) is 35.7 Å². The van der Waals surface area contributed by atoms with Crippen LogP contribution in [0.1, 0.15) is 102 Å². The maximum absolute atomic E-state index is 14.1. The lowest BCUT2D eigenvalue weighted by Gasteiger charge is -2.61. The normalized spacial score (nSPS) is 24.2. The van der Waals surface area contributed by atoms with E-state index in [4.69, 9.17) is 30.1 Å². The van der Waals surface area contributed by atoms with Gasteiger partial charge in [-0.25, -0.2) is 4.79 Å². The number of amidine groups is 1. The highest BCUT2D eigenvalue weighted by molar-refractivity contribution is 5.88. The summed E-state index contributed by atoms with van der Waals surface area (Å²) in [5.74, 6) is 0.920. The molecule has 1 fully saturated rings. The maximum Gasteiger partial charge on any atom is 0.415 e. The van der Waals surface area contributed by atoms with E-state index < -0.39 is 29.3 Å². The van der Waals surface area contributed by atoms with E-state index in [-0.39, 0.29) is 42.5 Å². The van der Waals surface area contributed by atoms with Crippen molar-refractivity contribution < 1.29 is 43.2 Å². The summed E-state index contributed by atoms with van der Waals surface area (Å²) in [5, 5.41) is 22.7. The van der Waals surface area contributed by atoms with Crippen LogP contribution in [0.15, 0.2) is 24.0 Å². The quantitative estimate of drug-likeness (QED) is 0.0656. The molecule has 0 aromatic heterocycles. The Morgan fingerprint density at radius 2 is 1.87 bits per heavy atom. The van der Waals surface area contributed by atoms with Crippen molar-refractivity contribution in [2.45, 2.75) is 127 Å². The zero-order valence-corrected chi connectivity index (χ0v) is 31.7. The summed E-state index contributed by atoms with van der Waals surface area (Å²) in [6, 6.07) is 3.14. The topological polar surface area (TPSA) is 194 Å². The number of piperidine rings is 1. The molecule has 1 aromatic carbocycles. The molecule has 292 valence electrons. The maximum atomic E-state index is 14.1. The first kappa shape index (κ1) is 40.0. The second kappa shape index (κ2) is 17.3. The number of likely N-dealkylation sites (tertiary alicyclic amines) is 1. The SMILES string of the molecule is CCOC(=O)CCCCCN(CCCC(=O)[C@H](CCCCC(=N)N)NC(C)=O)C(=O)OC1=CCC2(O)[C@H]3Cc4ccc(OC)c5c4[C@@]2(CCN3C)C1O5. The van der Waals surface area contributed by atoms with Gasteiger partial charge in [-0.1, -0.05) is 18.9 Å². The van der Waals surface area contributed by atoms with Gasteiger partial charge in [-0.3, -0.25) is 19.8 Å². The molecule has 53 heavy (non-hydrogen) atoms. The Kier molecular flexibility index (Phi) is 13.1. The summed E-state index contributed by atoms with van der Waals surface area (Å²) in [7, 11) is 3.63. The number of hydrogen-bond donors (Lipinski definition) is 4. The van der Waals surface area contributed by atoms with Gasteiger partial charge >= 0.3 is 12.1 Å². The molecule has 2 heterocycles. The van der Waals surface area contributed by atoms with Gasteiger partial charge < -0.3 is 44.9 Å². The number of likely N-dealkylation sites (N-methyl/N-ethyl adjacent to an activating group) is 1. The highest BCUT2D eigenvalue weighted by Crippen LogP contribution is 2.65. The smallest absolute Gasteiger partial charge is 0.415 e. The average molecular weight is 740 g/mol. The third-order valence-electron chi connectivity index (χ3n) is 11.4. The minimum absolute atomic E-state index is 0.0855. The van der Waals surface area contributed by atoms with Crippen LogP contribution < -0.4 is 20.5 Å². The third kappa shape index (κ3) is 8.33. The van der Waals surface area contributed by atoms with E-state index in [1.807, 2.05) is 13.1 Å². The van der Waals surface area contributed by atoms with Gasteiger partial charge in [0.15, 0.2) is 23.4 Å². The zero-order chi connectivity index (χ0) is 38.3. The summed E-state index contributed by atoms with van der Waals surface area (Å²) >= 11 is 0. The molecular weight excluding hydrogens is 682 g/mol. The fraction of sp³-hybridized carbons (Fsp3) is 0.667. The number of rotatable bonds is 20. The molecule has 14 nitrogen and oxygen atoms in total. The Hall–Kier alpha value is -4.17. The van der Waals surface area contributed by atoms with Crippen molar-refractivity contribution in [3.8, 4) is 11.5 Å². The Bertz CT molecular complexity index is 1580. The number of aliphatic hydroxyl groups is 1. The molecular formula is C39H57N5O9. The van der Waals surface area contributed by atoms with Gasteiger partial charge in [0, 0.05) is 57.3 Å². The number of Topliss-reactive ketones (excluding diaryl/α,β-unsaturated/α-hetero) is 1. The molecule has 0 radical (unpaired) electrons. The van der Waals surface area contributed by atoms with Crippen molar-refractivity contribution in [3.05, 3.63) is 35.1 Å².